The van der Waals surface area contributed by atoms with Crippen LogP contribution in [0.5, 0.6) is 0 Å². The van der Waals surface area contributed by atoms with Gasteiger partial charge in [0.1, 0.15) is 0 Å². The molecular weight excluding hydrogens is 248 g/mol. The second kappa shape index (κ2) is 5.65. The first kappa shape index (κ1) is 13.3. The number of esters is 1. The molecule has 2 rings (SSSR count). The topological polar surface area (TPSA) is 43.4 Å². The van der Waals surface area contributed by atoms with E-state index in [4.69, 9.17) is 0 Å². The van der Waals surface area contributed by atoms with Gasteiger partial charge in [-0.15, -0.1) is 11.3 Å². The van der Waals surface area contributed by atoms with E-state index < -0.39 is 0 Å². The van der Waals surface area contributed by atoms with Crippen LogP contribution in [-0.2, 0) is 16.0 Å². The molecule has 0 aliphatic heterocycles. The normalized spacial score (nSPS) is 23.0. The van der Waals surface area contributed by atoms with E-state index in [1.807, 2.05) is 12.1 Å². The zero-order chi connectivity index (χ0) is 13.1. The summed E-state index contributed by atoms with van der Waals surface area (Å²) in [4.78, 5) is 25.2. The van der Waals surface area contributed by atoms with E-state index in [1.54, 1.807) is 0 Å². The molecule has 0 saturated heterocycles. The lowest BCUT2D eigenvalue weighted by Gasteiger charge is -2.12. The predicted octanol–water partition coefficient (Wildman–Crippen LogP) is 3.08. The van der Waals surface area contributed by atoms with Gasteiger partial charge >= 0.3 is 5.97 Å². The van der Waals surface area contributed by atoms with E-state index >= 15 is 0 Å². The van der Waals surface area contributed by atoms with Gasteiger partial charge in [-0.3, -0.25) is 9.59 Å². The molecule has 1 saturated carbocycles. The van der Waals surface area contributed by atoms with Crippen molar-refractivity contribution in [1.29, 1.82) is 0 Å². The number of carbonyl (C=O) groups excluding carboxylic acids is 2. The molecule has 0 spiro atoms. The smallest absolute Gasteiger partial charge is 0.310 e. The number of thiophene rings is 1. The fraction of sp³-hybridized carbons (Fsp3) is 0.571. The average Bonchev–Trinajstić information content (AvgIpc) is 2.97. The summed E-state index contributed by atoms with van der Waals surface area (Å²) in [6.07, 6.45) is 3.56. The summed E-state index contributed by atoms with van der Waals surface area (Å²) in [5, 5.41) is 0. The van der Waals surface area contributed by atoms with Crippen molar-refractivity contribution >= 4 is 23.1 Å². The maximum Gasteiger partial charge on any atom is 0.310 e. The molecule has 1 aliphatic rings. The first-order valence-electron chi connectivity index (χ1n) is 6.31. The summed E-state index contributed by atoms with van der Waals surface area (Å²) in [6.45, 7) is 2.15. The Bertz CT molecular complexity index is 450. The van der Waals surface area contributed by atoms with E-state index in [0.717, 1.165) is 29.0 Å². The van der Waals surface area contributed by atoms with Crippen LogP contribution < -0.4 is 0 Å². The number of methoxy groups -OCH3 is 1. The van der Waals surface area contributed by atoms with Crippen LogP contribution in [0.1, 0.15) is 40.7 Å². The lowest BCUT2D eigenvalue weighted by Crippen LogP contribution is -2.15. The quantitative estimate of drug-likeness (QED) is 0.621. The van der Waals surface area contributed by atoms with Crippen molar-refractivity contribution in [2.24, 2.45) is 11.8 Å². The van der Waals surface area contributed by atoms with E-state index in [0.29, 0.717) is 5.92 Å². The lowest BCUT2D eigenvalue weighted by molar-refractivity contribution is -0.139. The lowest BCUT2D eigenvalue weighted by atomic mass is 9.93. The summed E-state index contributed by atoms with van der Waals surface area (Å²) in [5.74, 6) is 0.657. The van der Waals surface area contributed by atoms with E-state index in [-0.39, 0.29) is 24.1 Å². The van der Waals surface area contributed by atoms with Crippen LogP contribution in [0.25, 0.3) is 0 Å². The van der Waals surface area contributed by atoms with Gasteiger partial charge in [-0.25, -0.2) is 0 Å². The Morgan fingerprint density at radius 1 is 1.39 bits per heavy atom. The molecule has 98 valence electrons. The van der Waals surface area contributed by atoms with Gasteiger partial charge in [-0.1, -0.05) is 13.3 Å². The second-order valence-corrected chi connectivity index (χ2v) is 6.07. The molecule has 0 amide bonds. The molecular formula is C14H18O3S. The summed E-state index contributed by atoms with van der Waals surface area (Å²) in [5.41, 5.74) is 0. The van der Waals surface area contributed by atoms with Gasteiger partial charge < -0.3 is 4.74 Å². The van der Waals surface area contributed by atoms with Crippen molar-refractivity contribution in [3.05, 3.63) is 21.9 Å². The molecule has 2 unspecified atom stereocenters. The molecule has 4 heteroatoms. The Labute approximate surface area is 111 Å². The Morgan fingerprint density at radius 2 is 2.17 bits per heavy atom. The standard InChI is InChI=1S/C14H18O3S/c1-9-4-3-5-11(9)14(16)12-7-6-10(18-12)8-13(15)17-2/h6-7,9,11H,3-5,8H2,1-2H3. The number of hydrogen-bond acceptors (Lipinski definition) is 4. The zero-order valence-electron chi connectivity index (χ0n) is 10.8. The number of ether oxygens (including phenoxy) is 1. The van der Waals surface area contributed by atoms with Gasteiger partial charge in [0.15, 0.2) is 5.78 Å². The molecule has 0 radical (unpaired) electrons. The largest absolute Gasteiger partial charge is 0.469 e. The van der Waals surface area contributed by atoms with Gasteiger partial charge in [0.2, 0.25) is 0 Å². The van der Waals surface area contributed by atoms with Gasteiger partial charge in [0.25, 0.3) is 0 Å². The third-order valence-electron chi connectivity index (χ3n) is 3.65. The number of rotatable bonds is 4. The van der Waals surface area contributed by atoms with Crippen LogP contribution in [0.3, 0.4) is 0 Å². The number of Topliss-reactive ketones (excluding diaryl/α,β-unsaturated/α-hetero) is 1. The van der Waals surface area contributed by atoms with Crippen molar-refractivity contribution in [2.45, 2.75) is 32.6 Å². The molecule has 0 N–H and O–H groups in total. The number of ketones is 1. The van der Waals surface area contributed by atoms with E-state index in [2.05, 4.69) is 11.7 Å². The molecule has 0 aromatic carbocycles. The molecule has 1 fully saturated rings. The van der Waals surface area contributed by atoms with Crippen molar-refractivity contribution in [2.75, 3.05) is 7.11 Å². The third-order valence-corrected chi connectivity index (χ3v) is 4.75. The highest BCUT2D eigenvalue weighted by Crippen LogP contribution is 2.35. The molecule has 0 bridgehead atoms. The first-order chi connectivity index (χ1) is 8.61. The van der Waals surface area contributed by atoms with Crippen LogP contribution in [0.2, 0.25) is 0 Å². The fourth-order valence-corrected chi connectivity index (χ4v) is 3.53. The minimum Gasteiger partial charge on any atom is -0.469 e. The fourth-order valence-electron chi connectivity index (χ4n) is 2.54. The number of carbonyl (C=O) groups is 2. The van der Waals surface area contributed by atoms with Crippen molar-refractivity contribution in [3.63, 3.8) is 0 Å². The summed E-state index contributed by atoms with van der Waals surface area (Å²) in [7, 11) is 1.38. The molecule has 1 aliphatic carbocycles. The molecule has 1 aromatic heterocycles. The van der Waals surface area contributed by atoms with Crippen LogP contribution in [0.15, 0.2) is 12.1 Å². The van der Waals surface area contributed by atoms with E-state index in [9.17, 15) is 9.59 Å². The Hall–Kier alpha value is -1.16. The third kappa shape index (κ3) is 2.80. The van der Waals surface area contributed by atoms with Crippen molar-refractivity contribution in [3.8, 4) is 0 Å². The van der Waals surface area contributed by atoms with Crippen molar-refractivity contribution in [1.82, 2.24) is 0 Å². The predicted molar refractivity (Wildman–Crippen MR) is 70.9 cm³/mol. The summed E-state index contributed by atoms with van der Waals surface area (Å²) < 4.78 is 4.62. The monoisotopic (exact) mass is 266 g/mol. The Kier molecular flexibility index (Phi) is 4.17. The van der Waals surface area contributed by atoms with Crippen molar-refractivity contribution < 1.29 is 14.3 Å². The maximum absolute atomic E-state index is 12.3. The molecule has 2 atom stereocenters. The molecule has 1 heterocycles. The van der Waals surface area contributed by atoms with E-state index in [1.165, 1.54) is 18.4 Å². The minimum absolute atomic E-state index is 0.176. The Balaban J connectivity index is 2.05. The van der Waals surface area contributed by atoms with Gasteiger partial charge in [0.05, 0.1) is 18.4 Å². The maximum atomic E-state index is 12.3. The number of hydrogen-bond donors (Lipinski definition) is 0. The zero-order valence-corrected chi connectivity index (χ0v) is 11.6. The van der Waals surface area contributed by atoms with Gasteiger partial charge in [0, 0.05) is 10.8 Å². The van der Waals surface area contributed by atoms with Gasteiger partial charge in [-0.05, 0) is 30.9 Å². The first-order valence-corrected chi connectivity index (χ1v) is 7.13. The molecule has 18 heavy (non-hydrogen) atoms. The molecule has 1 aromatic rings. The summed E-state index contributed by atoms with van der Waals surface area (Å²) >= 11 is 1.42. The van der Waals surface area contributed by atoms with Crippen LogP contribution in [0, 0.1) is 11.8 Å². The SMILES string of the molecule is COC(=O)Cc1ccc(C(=O)C2CCCC2C)s1. The van der Waals surface area contributed by atoms with Crippen LogP contribution in [-0.4, -0.2) is 18.9 Å². The van der Waals surface area contributed by atoms with Crippen LogP contribution >= 0.6 is 11.3 Å². The highest BCUT2D eigenvalue weighted by atomic mass is 32.1. The highest BCUT2D eigenvalue weighted by Gasteiger charge is 2.31. The van der Waals surface area contributed by atoms with Gasteiger partial charge in [-0.2, -0.15) is 0 Å². The summed E-state index contributed by atoms with van der Waals surface area (Å²) in [6, 6.07) is 3.70. The Morgan fingerprint density at radius 3 is 2.78 bits per heavy atom. The van der Waals surface area contributed by atoms with Crippen LogP contribution in [0.4, 0.5) is 0 Å². The highest BCUT2D eigenvalue weighted by molar-refractivity contribution is 7.14. The average molecular weight is 266 g/mol. The minimum atomic E-state index is -0.259. The molecule has 3 nitrogen and oxygen atoms in total. The second-order valence-electron chi connectivity index (χ2n) is 4.90.